The summed E-state index contributed by atoms with van der Waals surface area (Å²) in [4.78, 5) is 24.7. The van der Waals surface area contributed by atoms with E-state index >= 15 is 0 Å². The van der Waals surface area contributed by atoms with E-state index in [1.54, 1.807) is 7.11 Å². The number of nitrogens with one attached hydrogen (secondary N) is 2. The van der Waals surface area contributed by atoms with E-state index in [1.165, 1.54) is 33.7 Å². The number of methoxy groups -OCH3 is 2. The maximum absolute atomic E-state index is 12.7. The third-order valence-corrected chi connectivity index (χ3v) is 9.99. The summed E-state index contributed by atoms with van der Waals surface area (Å²) in [5.41, 5.74) is 1.81. The number of rotatable bonds is 11. The van der Waals surface area contributed by atoms with E-state index in [0.29, 0.717) is 28.3 Å². The van der Waals surface area contributed by atoms with Crippen LogP contribution in [-0.4, -0.2) is 111 Å². The first-order valence-corrected chi connectivity index (χ1v) is 16.2. The molecule has 238 valence electrons. The maximum Gasteiger partial charge on any atom is 0.380 e. The minimum atomic E-state index is -3.62. The number of aromatic nitrogens is 4. The number of hydrogen-bond donors (Lipinski definition) is 2. The van der Waals surface area contributed by atoms with E-state index in [1.807, 2.05) is 12.1 Å². The molecule has 3 aromatic rings. The number of hydrogen-bond acceptors (Lipinski definition) is 14. The van der Waals surface area contributed by atoms with Crippen molar-refractivity contribution in [1.29, 1.82) is 0 Å². The van der Waals surface area contributed by atoms with Crippen LogP contribution in [0, 0.1) is 0 Å². The lowest BCUT2D eigenvalue weighted by Crippen LogP contribution is -2.52. The summed E-state index contributed by atoms with van der Waals surface area (Å²) in [6, 6.07) is 6.72. The number of nitrogens with zero attached hydrogens (tertiary/aromatic N) is 7. The summed E-state index contributed by atoms with van der Waals surface area (Å²) < 4.78 is 33.8. The lowest BCUT2D eigenvalue weighted by molar-refractivity contribution is 0.0982. The molecule has 2 saturated heterocycles. The van der Waals surface area contributed by atoms with Crippen LogP contribution in [0.2, 0.25) is 5.02 Å². The fourth-order valence-corrected chi connectivity index (χ4v) is 6.46. The van der Waals surface area contributed by atoms with Gasteiger partial charge in [0.2, 0.25) is 5.95 Å². The SMILES string of the molecule is COc1cc(N2CCC(N3CCN(C)CC3)CC2)ccc1Nc1nc(Nc2ncc(P(=O)(OC)OC)nc2OC)ncc1Cl. The predicted molar refractivity (Wildman–Crippen MR) is 171 cm³/mol. The summed E-state index contributed by atoms with van der Waals surface area (Å²) >= 11 is 6.46. The number of halogens is 1. The van der Waals surface area contributed by atoms with Crippen molar-refractivity contribution in [3.8, 4) is 11.6 Å². The van der Waals surface area contributed by atoms with Crippen LogP contribution in [0.15, 0.2) is 30.6 Å². The van der Waals surface area contributed by atoms with Gasteiger partial charge in [-0.3, -0.25) is 9.46 Å². The van der Waals surface area contributed by atoms with Crippen LogP contribution in [0.4, 0.5) is 29.0 Å². The summed E-state index contributed by atoms with van der Waals surface area (Å²) in [5, 5.41) is 6.53. The highest BCUT2D eigenvalue weighted by Crippen LogP contribution is 2.45. The van der Waals surface area contributed by atoms with Crippen LogP contribution in [0.1, 0.15) is 12.8 Å². The largest absolute Gasteiger partial charge is 0.494 e. The van der Waals surface area contributed by atoms with E-state index in [2.05, 4.69) is 58.4 Å². The predicted octanol–water partition coefficient (Wildman–Crippen LogP) is 3.75. The molecule has 0 radical (unpaired) electrons. The van der Waals surface area contributed by atoms with Crippen molar-refractivity contribution in [3.05, 3.63) is 35.6 Å². The Bertz CT molecular complexity index is 1480. The molecular formula is C28H39ClN9O5P. The van der Waals surface area contributed by atoms with Gasteiger partial charge in [0.05, 0.1) is 32.3 Å². The molecule has 0 amide bonds. The molecule has 1 aromatic carbocycles. The molecule has 0 spiro atoms. The van der Waals surface area contributed by atoms with Gasteiger partial charge in [-0.15, -0.1) is 0 Å². The molecular weight excluding hydrogens is 609 g/mol. The van der Waals surface area contributed by atoms with Crippen LogP contribution < -0.4 is 30.4 Å². The number of piperidine rings is 1. The Labute approximate surface area is 262 Å². The molecule has 2 aromatic heterocycles. The minimum absolute atomic E-state index is 0.000718. The van der Waals surface area contributed by atoms with Gasteiger partial charge in [-0.1, -0.05) is 11.6 Å². The Hall–Kier alpha value is -3.26. The van der Waals surface area contributed by atoms with Crippen molar-refractivity contribution in [1.82, 2.24) is 29.7 Å². The van der Waals surface area contributed by atoms with E-state index in [4.69, 9.17) is 30.1 Å². The smallest absolute Gasteiger partial charge is 0.380 e. The fraction of sp³-hybridized carbons (Fsp3) is 0.500. The molecule has 0 unspecified atom stereocenters. The highest BCUT2D eigenvalue weighted by atomic mass is 35.5. The molecule has 5 rings (SSSR count). The lowest BCUT2D eigenvalue weighted by Gasteiger charge is -2.42. The van der Waals surface area contributed by atoms with Crippen molar-refractivity contribution in [2.45, 2.75) is 18.9 Å². The number of piperazine rings is 1. The second-order valence-corrected chi connectivity index (χ2v) is 13.1. The van der Waals surface area contributed by atoms with Gasteiger partial charge in [-0.05, 0) is 32.0 Å². The molecule has 4 heterocycles. The molecule has 2 N–H and O–H groups in total. The van der Waals surface area contributed by atoms with Crippen molar-refractivity contribution >= 4 is 53.6 Å². The zero-order chi connectivity index (χ0) is 31.3. The lowest BCUT2D eigenvalue weighted by atomic mass is 10.0. The number of likely N-dealkylation sites (N-methyl/N-ethyl adjacent to an activating group) is 1. The minimum Gasteiger partial charge on any atom is -0.494 e. The Balaban J connectivity index is 1.27. The van der Waals surface area contributed by atoms with Gasteiger partial charge in [0.15, 0.2) is 17.1 Å². The van der Waals surface area contributed by atoms with Crippen molar-refractivity contribution in [3.63, 3.8) is 0 Å². The number of anilines is 5. The Morgan fingerprint density at radius 1 is 0.886 bits per heavy atom. The molecule has 0 saturated carbocycles. The van der Waals surface area contributed by atoms with Gasteiger partial charge >= 0.3 is 7.60 Å². The molecule has 2 fully saturated rings. The van der Waals surface area contributed by atoms with Gasteiger partial charge in [-0.25, -0.2) is 15.0 Å². The third kappa shape index (κ3) is 7.17. The normalized spacial score (nSPS) is 17.0. The van der Waals surface area contributed by atoms with Crippen molar-refractivity contribution in [2.75, 3.05) is 90.3 Å². The molecule has 0 atom stereocenters. The van der Waals surface area contributed by atoms with Crippen LogP contribution in [0.5, 0.6) is 11.6 Å². The van der Waals surface area contributed by atoms with Gasteiger partial charge in [-0.2, -0.15) is 4.98 Å². The van der Waals surface area contributed by atoms with Crippen LogP contribution in [0.25, 0.3) is 0 Å². The van der Waals surface area contributed by atoms with Crippen molar-refractivity contribution in [2.24, 2.45) is 0 Å². The van der Waals surface area contributed by atoms with Crippen LogP contribution in [-0.2, 0) is 13.6 Å². The van der Waals surface area contributed by atoms with Gasteiger partial charge < -0.3 is 39.0 Å². The second kappa shape index (κ2) is 14.2. The zero-order valence-corrected chi connectivity index (χ0v) is 27.3. The highest BCUT2D eigenvalue weighted by Gasteiger charge is 2.29. The van der Waals surface area contributed by atoms with E-state index in [9.17, 15) is 4.57 Å². The molecule has 2 aliphatic rings. The molecule has 16 heteroatoms. The first-order valence-electron chi connectivity index (χ1n) is 14.3. The van der Waals surface area contributed by atoms with Crippen molar-refractivity contribution < 1.29 is 23.1 Å². The molecule has 44 heavy (non-hydrogen) atoms. The maximum atomic E-state index is 12.7. The first kappa shape index (κ1) is 32.1. The van der Waals surface area contributed by atoms with Crippen LogP contribution in [0.3, 0.4) is 0 Å². The number of ether oxygens (including phenoxy) is 2. The topological polar surface area (TPSA) is 139 Å². The monoisotopic (exact) mass is 647 g/mol. The Morgan fingerprint density at radius 3 is 2.27 bits per heavy atom. The van der Waals surface area contributed by atoms with Gasteiger partial charge in [0.25, 0.3) is 5.88 Å². The first-order chi connectivity index (χ1) is 21.3. The summed E-state index contributed by atoms with van der Waals surface area (Å²) in [7, 11) is 4.15. The third-order valence-electron chi connectivity index (χ3n) is 7.98. The summed E-state index contributed by atoms with van der Waals surface area (Å²) in [5.74, 6) is 1.45. The number of benzene rings is 1. The zero-order valence-electron chi connectivity index (χ0n) is 25.6. The van der Waals surface area contributed by atoms with E-state index < -0.39 is 7.60 Å². The Morgan fingerprint density at radius 2 is 1.61 bits per heavy atom. The van der Waals surface area contributed by atoms with Gasteiger partial charge in [0.1, 0.15) is 10.8 Å². The van der Waals surface area contributed by atoms with Gasteiger partial charge in [0, 0.05) is 71.3 Å². The second-order valence-electron chi connectivity index (χ2n) is 10.5. The molecule has 14 nitrogen and oxygen atoms in total. The fourth-order valence-electron chi connectivity index (χ4n) is 5.39. The standard InChI is InChI=1S/C28H39ClN9O5P/c1-36-12-14-38(15-13-36)19-8-10-37(11-9-19)20-6-7-22(23(16-20)40-2)32-25-21(29)17-31-28(34-25)35-26-27(41-3)33-24(18-30-26)44(39,42-4)43-5/h6-7,16-19H,8-15H2,1-5H3,(H2,30,31,32,34,35). The average molecular weight is 648 g/mol. The van der Waals surface area contributed by atoms with Crippen LogP contribution >= 0.6 is 19.2 Å². The Kier molecular flexibility index (Phi) is 10.4. The van der Waals surface area contributed by atoms with E-state index in [0.717, 1.165) is 57.8 Å². The van der Waals surface area contributed by atoms with E-state index in [-0.39, 0.29) is 23.1 Å². The molecule has 0 bridgehead atoms. The molecule has 0 aliphatic carbocycles. The molecule has 2 aliphatic heterocycles. The average Bonchev–Trinajstić information content (AvgIpc) is 3.06. The quantitative estimate of drug-likeness (QED) is 0.292. The summed E-state index contributed by atoms with van der Waals surface area (Å²) in [6.07, 6.45) is 5.03. The highest BCUT2D eigenvalue weighted by molar-refractivity contribution is 7.61. The summed E-state index contributed by atoms with van der Waals surface area (Å²) in [6.45, 7) is 6.59.